The van der Waals surface area contributed by atoms with Crippen molar-refractivity contribution in [3.05, 3.63) is 24.3 Å². The fourth-order valence-corrected chi connectivity index (χ4v) is 0.399. The van der Waals surface area contributed by atoms with E-state index >= 15 is 0 Å². The topological polar surface area (TPSA) is 34.1 Å². The van der Waals surface area contributed by atoms with Gasteiger partial charge < -0.3 is 0 Å². The first-order chi connectivity index (χ1) is 7.71. The summed E-state index contributed by atoms with van der Waals surface area (Å²) in [4.78, 5) is 19.9. The van der Waals surface area contributed by atoms with Gasteiger partial charge in [-0.1, -0.05) is 13.2 Å². The highest BCUT2D eigenvalue weighted by molar-refractivity contribution is 5.94. The molecule has 0 aliphatic rings. The van der Waals surface area contributed by atoms with Gasteiger partial charge in [0.15, 0.2) is 11.6 Å². The first-order valence-corrected chi connectivity index (χ1v) is 4.25. The van der Waals surface area contributed by atoms with Crippen molar-refractivity contribution in [1.82, 2.24) is 0 Å². The maximum atomic E-state index is 11.4. The van der Waals surface area contributed by atoms with Crippen molar-refractivity contribution in [2.24, 2.45) is 0 Å². The summed E-state index contributed by atoms with van der Waals surface area (Å²) >= 11 is 0. The van der Waals surface area contributed by atoms with E-state index in [1.807, 2.05) is 0 Å². The molecule has 0 aliphatic carbocycles. The van der Waals surface area contributed by atoms with Gasteiger partial charge in [-0.2, -0.15) is 26.3 Å². The first-order valence-electron chi connectivity index (χ1n) is 4.25. The molecule has 0 rings (SSSR count). The predicted octanol–water partition coefficient (Wildman–Crippen LogP) is 3.39. The Labute approximate surface area is 99.0 Å². The van der Waals surface area contributed by atoms with Crippen LogP contribution in [0.2, 0.25) is 0 Å². The van der Waals surface area contributed by atoms with Crippen LogP contribution >= 0.6 is 0 Å². The van der Waals surface area contributed by atoms with Gasteiger partial charge in [0, 0.05) is 0 Å². The lowest BCUT2D eigenvalue weighted by Gasteiger charge is -2.04. The van der Waals surface area contributed by atoms with Crippen molar-refractivity contribution in [3.63, 3.8) is 0 Å². The average Bonchev–Trinajstić information content (AvgIpc) is 2.13. The molecule has 0 aromatic heterocycles. The summed E-state index contributed by atoms with van der Waals surface area (Å²) in [6, 6.07) is 0. The number of ketones is 2. The third-order valence-corrected chi connectivity index (χ3v) is 1.53. The molecule has 0 atom stereocenters. The largest absolute Gasteiger partial charge is 0.419 e. The summed E-state index contributed by atoms with van der Waals surface area (Å²) in [7, 11) is 0. The molecule has 0 N–H and O–H groups in total. The standard InChI is InChI=1S/2C5H5F3O/c2*1-3(4(2)9)5(6,7)8/h2*1H2,2H3. The van der Waals surface area contributed by atoms with Gasteiger partial charge >= 0.3 is 12.4 Å². The lowest BCUT2D eigenvalue weighted by atomic mass is 10.2. The Bertz CT molecular complexity index is 326. The lowest BCUT2D eigenvalue weighted by Crippen LogP contribution is -2.16. The van der Waals surface area contributed by atoms with E-state index in [2.05, 4.69) is 13.2 Å². The smallest absolute Gasteiger partial charge is 0.295 e. The van der Waals surface area contributed by atoms with Gasteiger partial charge in [-0.3, -0.25) is 9.59 Å². The SMILES string of the molecule is C=C(C(C)=O)C(F)(F)F.C=C(C(C)=O)C(F)(F)F. The Morgan fingerprint density at radius 1 is 0.722 bits per heavy atom. The number of hydrogen-bond acceptors (Lipinski definition) is 2. The highest BCUT2D eigenvalue weighted by Crippen LogP contribution is 2.24. The van der Waals surface area contributed by atoms with Crippen LogP contribution in [0.3, 0.4) is 0 Å². The van der Waals surface area contributed by atoms with Crippen LogP contribution in [0.25, 0.3) is 0 Å². The first kappa shape index (κ1) is 18.8. The normalized spacial score (nSPS) is 11.1. The number of carbonyl (C=O) groups is 2. The van der Waals surface area contributed by atoms with Crippen LogP contribution < -0.4 is 0 Å². The molecule has 0 spiro atoms. The van der Waals surface area contributed by atoms with E-state index in [-0.39, 0.29) is 0 Å². The number of carbonyl (C=O) groups excluding carboxylic acids is 2. The zero-order chi connectivity index (χ0) is 15.3. The van der Waals surface area contributed by atoms with Crippen LogP contribution in [0.5, 0.6) is 0 Å². The molecule has 0 aromatic rings. The molecular weight excluding hydrogens is 266 g/mol. The van der Waals surface area contributed by atoms with Crippen molar-refractivity contribution in [2.45, 2.75) is 26.2 Å². The van der Waals surface area contributed by atoms with E-state index < -0.39 is 35.1 Å². The maximum absolute atomic E-state index is 11.4. The molecule has 18 heavy (non-hydrogen) atoms. The van der Waals surface area contributed by atoms with Gasteiger partial charge in [0.05, 0.1) is 11.1 Å². The molecular formula is C10H10F6O2. The molecule has 0 fully saturated rings. The monoisotopic (exact) mass is 276 g/mol. The van der Waals surface area contributed by atoms with Gasteiger partial charge in [0.2, 0.25) is 0 Å². The third kappa shape index (κ3) is 7.64. The summed E-state index contributed by atoms with van der Waals surface area (Å²) in [6.45, 7) is 6.76. The highest BCUT2D eigenvalue weighted by Gasteiger charge is 2.35. The highest BCUT2D eigenvalue weighted by atomic mass is 19.4. The minimum Gasteiger partial charge on any atom is -0.295 e. The van der Waals surface area contributed by atoms with Crippen LogP contribution in [-0.4, -0.2) is 23.9 Å². The fourth-order valence-electron chi connectivity index (χ4n) is 0.399. The molecule has 0 saturated carbocycles. The molecule has 0 aliphatic heterocycles. The maximum Gasteiger partial charge on any atom is 0.419 e. The summed E-state index contributed by atoms with van der Waals surface area (Å²) in [5.41, 5.74) is -2.61. The van der Waals surface area contributed by atoms with Crippen molar-refractivity contribution < 1.29 is 35.9 Å². The van der Waals surface area contributed by atoms with Gasteiger partial charge in [0.25, 0.3) is 0 Å². The predicted molar refractivity (Wildman–Crippen MR) is 51.8 cm³/mol. The van der Waals surface area contributed by atoms with Crippen LogP contribution in [0.1, 0.15) is 13.8 Å². The lowest BCUT2D eigenvalue weighted by molar-refractivity contribution is -0.128. The zero-order valence-corrected chi connectivity index (χ0v) is 9.50. The van der Waals surface area contributed by atoms with E-state index in [4.69, 9.17) is 0 Å². The minimum atomic E-state index is -4.56. The Kier molecular flexibility index (Phi) is 6.63. The summed E-state index contributed by atoms with van der Waals surface area (Å²) in [5.74, 6) is -2.08. The van der Waals surface area contributed by atoms with Gasteiger partial charge in [0.1, 0.15) is 0 Å². The fraction of sp³-hybridized carbons (Fsp3) is 0.400. The molecule has 8 heteroatoms. The molecule has 0 bridgehead atoms. The summed E-state index contributed by atoms with van der Waals surface area (Å²) < 4.78 is 68.3. The van der Waals surface area contributed by atoms with Crippen molar-refractivity contribution >= 4 is 11.6 Å². The van der Waals surface area contributed by atoms with E-state index in [1.54, 1.807) is 0 Å². The Hall–Kier alpha value is -1.60. The zero-order valence-electron chi connectivity index (χ0n) is 9.50. The molecule has 104 valence electrons. The van der Waals surface area contributed by atoms with E-state index in [1.165, 1.54) is 0 Å². The summed E-state index contributed by atoms with van der Waals surface area (Å²) in [5, 5.41) is 0. The second kappa shape index (κ2) is 6.36. The molecule has 0 aromatic carbocycles. The molecule has 2 nitrogen and oxygen atoms in total. The Morgan fingerprint density at radius 3 is 0.889 bits per heavy atom. The van der Waals surface area contributed by atoms with Gasteiger partial charge in [-0.15, -0.1) is 0 Å². The number of alkyl halides is 6. The average molecular weight is 276 g/mol. The number of rotatable bonds is 2. The molecule has 0 amide bonds. The van der Waals surface area contributed by atoms with Crippen molar-refractivity contribution in [3.8, 4) is 0 Å². The molecule has 0 unspecified atom stereocenters. The van der Waals surface area contributed by atoms with E-state index in [0.717, 1.165) is 13.8 Å². The Balaban J connectivity index is 0. The number of hydrogen-bond donors (Lipinski definition) is 0. The quantitative estimate of drug-likeness (QED) is 0.572. The van der Waals surface area contributed by atoms with Crippen LogP contribution in [0, 0.1) is 0 Å². The van der Waals surface area contributed by atoms with Crippen molar-refractivity contribution in [1.29, 1.82) is 0 Å². The third-order valence-electron chi connectivity index (χ3n) is 1.53. The number of allylic oxidation sites excluding steroid dienone is 2. The number of halogens is 6. The van der Waals surface area contributed by atoms with Crippen LogP contribution in [0.15, 0.2) is 24.3 Å². The Morgan fingerprint density at radius 2 is 0.889 bits per heavy atom. The molecule has 0 heterocycles. The minimum absolute atomic E-state index is 0.829. The van der Waals surface area contributed by atoms with Gasteiger partial charge in [-0.05, 0) is 13.8 Å². The van der Waals surface area contributed by atoms with E-state index in [0.29, 0.717) is 0 Å². The molecule has 0 radical (unpaired) electrons. The van der Waals surface area contributed by atoms with Crippen LogP contribution in [-0.2, 0) is 9.59 Å². The van der Waals surface area contributed by atoms with Gasteiger partial charge in [-0.25, -0.2) is 0 Å². The van der Waals surface area contributed by atoms with Crippen LogP contribution in [0.4, 0.5) is 26.3 Å². The van der Waals surface area contributed by atoms with E-state index in [9.17, 15) is 35.9 Å². The second-order valence-corrected chi connectivity index (χ2v) is 3.06. The second-order valence-electron chi connectivity index (χ2n) is 3.06. The molecule has 0 saturated heterocycles. The summed E-state index contributed by atoms with van der Waals surface area (Å²) in [6.07, 6.45) is -9.13. The number of Topliss-reactive ketones (excluding diaryl/α,β-unsaturated/α-hetero) is 2. The van der Waals surface area contributed by atoms with Crippen molar-refractivity contribution in [2.75, 3.05) is 0 Å².